The van der Waals surface area contributed by atoms with E-state index >= 15 is 0 Å². The molecule has 1 aromatic heterocycles. The molecule has 1 aromatic carbocycles. The third-order valence-electron chi connectivity index (χ3n) is 2.84. The molecule has 0 unspecified atom stereocenters. The number of thiocarbonyl (C=S) groups is 1. The van der Waals surface area contributed by atoms with Gasteiger partial charge in [0.15, 0.2) is 0 Å². The summed E-state index contributed by atoms with van der Waals surface area (Å²) in [6.45, 7) is 2.04. The third-order valence-corrected chi connectivity index (χ3v) is 3.75. The Morgan fingerprint density at radius 1 is 1.38 bits per heavy atom. The molecule has 0 aliphatic rings. The summed E-state index contributed by atoms with van der Waals surface area (Å²) in [5.41, 5.74) is 8.00. The minimum absolute atomic E-state index is 0.171. The van der Waals surface area contributed by atoms with Crippen molar-refractivity contribution in [1.82, 2.24) is 9.59 Å². The van der Waals surface area contributed by atoms with Gasteiger partial charge in [-0.3, -0.25) is 4.79 Å². The van der Waals surface area contributed by atoms with Crippen molar-refractivity contribution in [1.29, 1.82) is 0 Å². The second-order valence-corrected chi connectivity index (χ2v) is 5.87. The van der Waals surface area contributed by atoms with Crippen LogP contribution >= 0.6 is 23.8 Å². The molecule has 0 saturated heterocycles. The number of hydrogen-bond donors (Lipinski definition) is 2. The highest BCUT2D eigenvalue weighted by molar-refractivity contribution is 7.80. The lowest BCUT2D eigenvalue weighted by molar-refractivity contribution is 0.102. The second-order valence-electron chi connectivity index (χ2n) is 4.59. The highest BCUT2D eigenvalue weighted by atomic mass is 32.1. The molecule has 3 N–H and O–H groups in total. The van der Waals surface area contributed by atoms with Crippen molar-refractivity contribution < 1.29 is 4.79 Å². The van der Waals surface area contributed by atoms with Crippen molar-refractivity contribution in [2.45, 2.75) is 26.2 Å². The summed E-state index contributed by atoms with van der Waals surface area (Å²) in [6.07, 6.45) is 2.24. The van der Waals surface area contributed by atoms with E-state index in [-0.39, 0.29) is 5.91 Å². The summed E-state index contributed by atoms with van der Waals surface area (Å²) >= 11 is 5.99. The van der Waals surface area contributed by atoms with Crippen LogP contribution in [0.3, 0.4) is 0 Å². The smallest absolute Gasteiger partial charge is 0.269 e. The molecule has 1 heterocycles. The zero-order valence-corrected chi connectivity index (χ0v) is 13.3. The maximum absolute atomic E-state index is 12.2. The van der Waals surface area contributed by atoms with Crippen LogP contribution in [-0.4, -0.2) is 20.5 Å². The van der Waals surface area contributed by atoms with E-state index in [1.54, 1.807) is 0 Å². The Kier molecular flexibility index (Phi) is 5.35. The lowest BCUT2D eigenvalue weighted by Crippen LogP contribution is -2.13. The van der Waals surface area contributed by atoms with Gasteiger partial charge in [-0.25, -0.2) is 0 Å². The zero-order chi connectivity index (χ0) is 15.2. The average Bonchev–Trinajstić information content (AvgIpc) is 2.89. The Bertz CT molecular complexity index is 637. The van der Waals surface area contributed by atoms with Gasteiger partial charge in [-0.05, 0) is 35.6 Å². The van der Waals surface area contributed by atoms with Crippen LogP contribution in [0.5, 0.6) is 0 Å². The van der Waals surface area contributed by atoms with Gasteiger partial charge in [0.2, 0.25) is 0 Å². The van der Waals surface area contributed by atoms with Crippen LogP contribution in [0.1, 0.15) is 34.3 Å². The number of carbonyl (C=O) groups is 1. The fourth-order valence-electron chi connectivity index (χ4n) is 1.88. The van der Waals surface area contributed by atoms with Crippen molar-refractivity contribution in [2.75, 3.05) is 5.32 Å². The first-order chi connectivity index (χ1) is 10.1. The standard InChI is InChI=1S/C14H16N4OS2/c1-2-3-11-13(21-18-17-11)14(19)16-10-6-4-9(5-7-10)8-12(15)20/h4-7H,2-3,8H2,1H3,(H2,15,20)(H,16,19). The largest absolute Gasteiger partial charge is 0.393 e. The summed E-state index contributed by atoms with van der Waals surface area (Å²) in [5.74, 6) is -0.171. The second kappa shape index (κ2) is 7.24. The number of rotatable bonds is 6. The molecule has 0 atom stereocenters. The first-order valence-corrected chi connectivity index (χ1v) is 7.78. The zero-order valence-electron chi connectivity index (χ0n) is 11.6. The van der Waals surface area contributed by atoms with Crippen LogP contribution in [0.4, 0.5) is 5.69 Å². The van der Waals surface area contributed by atoms with Crippen molar-refractivity contribution >= 4 is 40.3 Å². The van der Waals surface area contributed by atoms with Gasteiger partial charge in [0, 0.05) is 12.1 Å². The molecule has 0 radical (unpaired) electrons. The number of aryl methyl sites for hydroxylation is 1. The minimum atomic E-state index is -0.171. The normalized spacial score (nSPS) is 10.3. The van der Waals surface area contributed by atoms with Crippen LogP contribution in [0.15, 0.2) is 24.3 Å². The molecule has 1 amide bonds. The van der Waals surface area contributed by atoms with E-state index in [2.05, 4.69) is 14.9 Å². The van der Waals surface area contributed by atoms with Crippen LogP contribution in [0, 0.1) is 0 Å². The molecular weight excluding hydrogens is 304 g/mol. The highest BCUT2D eigenvalue weighted by Crippen LogP contribution is 2.16. The Morgan fingerprint density at radius 3 is 2.71 bits per heavy atom. The molecule has 21 heavy (non-hydrogen) atoms. The molecule has 0 aliphatic heterocycles. The Hall–Kier alpha value is -1.86. The van der Waals surface area contributed by atoms with E-state index < -0.39 is 0 Å². The van der Waals surface area contributed by atoms with E-state index in [0.29, 0.717) is 16.3 Å². The van der Waals surface area contributed by atoms with E-state index in [4.69, 9.17) is 18.0 Å². The number of nitrogens with one attached hydrogen (secondary N) is 1. The molecule has 0 spiro atoms. The van der Waals surface area contributed by atoms with Gasteiger partial charge in [-0.2, -0.15) is 0 Å². The predicted molar refractivity (Wildman–Crippen MR) is 88.8 cm³/mol. The summed E-state index contributed by atoms with van der Waals surface area (Å²) in [6, 6.07) is 7.46. The van der Waals surface area contributed by atoms with Gasteiger partial charge in [0.1, 0.15) is 4.88 Å². The van der Waals surface area contributed by atoms with E-state index in [1.165, 1.54) is 0 Å². The Morgan fingerprint density at radius 2 is 2.10 bits per heavy atom. The maximum atomic E-state index is 12.2. The van der Waals surface area contributed by atoms with Crippen LogP contribution in [0.25, 0.3) is 0 Å². The summed E-state index contributed by atoms with van der Waals surface area (Å²) < 4.78 is 3.85. The molecule has 0 saturated carbocycles. The number of nitrogens with two attached hydrogens (primary N) is 1. The Balaban J connectivity index is 2.05. The van der Waals surface area contributed by atoms with Gasteiger partial charge >= 0.3 is 0 Å². The first kappa shape index (κ1) is 15.5. The number of amides is 1. The maximum Gasteiger partial charge on any atom is 0.269 e. The van der Waals surface area contributed by atoms with Gasteiger partial charge in [-0.15, -0.1) is 5.10 Å². The molecule has 7 heteroatoms. The highest BCUT2D eigenvalue weighted by Gasteiger charge is 2.15. The molecule has 2 aromatic rings. The van der Waals surface area contributed by atoms with Gasteiger partial charge in [0.05, 0.1) is 10.7 Å². The third kappa shape index (κ3) is 4.30. The van der Waals surface area contributed by atoms with Gasteiger partial charge in [-0.1, -0.05) is 42.2 Å². The molecule has 2 rings (SSSR count). The predicted octanol–water partition coefficient (Wildman–Crippen LogP) is 2.57. The van der Waals surface area contributed by atoms with Gasteiger partial charge in [0.25, 0.3) is 5.91 Å². The number of aromatic nitrogens is 2. The lowest BCUT2D eigenvalue weighted by atomic mass is 10.1. The van der Waals surface area contributed by atoms with Crippen LogP contribution < -0.4 is 11.1 Å². The van der Waals surface area contributed by atoms with Crippen LogP contribution in [0.2, 0.25) is 0 Å². The van der Waals surface area contributed by atoms with E-state index in [9.17, 15) is 4.79 Å². The fraction of sp³-hybridized carbons (Fsp3) is 0.286. The SMILES string of the molecule is CCCc1nnsc1C(=O)Nc1ccc(CC(N)=S)cc1. The number of carbonyl (C=O) groups excluding carboxylic acids is 1. The number of benzene rings is 1. The van der Waals surface area contributed by atoms with Gasteiger partial charge < -0.3 is 11.1 Å². The fourth-order valence-corrected chi connectivity index (χ4v) is 2.65. The molecule has 0 fully saturated rings. The monoisotopic (exact) mass is 320 g/mol. The molecule has 0 bridgehead atoms. The molecule has 110 valence electrons. The Labute approximate surface area is 132 Å². The molecule has 5 nitrogen and oxygen atoms in total. The van der Waals surface area contributed by atoms with Crippen molar-refractivity contribution in [3.05, 3.63) is 40.4 Å². The summed E-state index contributed by atoms with van der Waals surface area (Å²) in [7, 11) is 0. The van der Waals surface area contributed by atoms with E-state index in [0.717, 1.165) is 41.3 Å². The van der Waals surface area contributed by atoms with Crippen LogP contribution in [-0.2, 0) is 12.8 Å². The number of nitrogens with zero attached hydrogens (tertiary/aromatic N) is 2. The minimum Gasteiger partial charge on any atom is -0.393 e. The quantitative estimate of drug-likeness (QED) is 0.800. The van der Waals surface area contributed by atoms with E-state index in [1.807, 2.05) is 31.2 Å². The average molecular weight is 320 g/mol. The topological polar surface area (TPSA) is 80.9 Å². The summed E-state index contributed by atoms with van der Waals surface area (Å²) in [5, 5.41) is 6.85. The number of anilines is 1. The lowest BCUT2D eigenvalue weighted by Gasteiger charge is -2.06. The summed E-state index contributed by atoms with van der Waals surface area (Å²) in [4.78, 5) is 13.2. The number of hydrogen-bond acceptors (Lipinski definition) is 5. The molecule has 0 aliphatic carbocycles. The molecular formula is C14H16N4OS2. The van der Waals surface area contributed by atoms with Crippen molar-refractivity contribution in [2.24, 2.45) is 5.73 Å². The van der Waals surface area contributed by atoms with Crippen molar-refractivity contribution in [3.8, 4) is 0 Å². The van der Waals surface area contributed by atoms with Crippen molar-refractivity contribution in [3.63, 3.8) is 0 Å². The first-order valence-electron chi connectivity index (χ1n) is 6.60.